The number of nitrogens with one attached hydrogen (secondary N) is 1. The van der Waals surface area contributed by atoms with Crippen molar-refractivity contribution in [3.8, 4) is 11.5 Å². The first-order valence-electron chi connectivity index (χ1n) is 10.9. The van der Waals surface area contributed by atoms with Crippen molar-refractivity contribution in [3.63, 3.8) is 0 Å². The van der Waals surface area contributed by atoms with Crippen LogP contribution < -0.4 is 20.3 Å². The Morgan fingerprint density at radius 1 is 1.34 bits per heavy atom. The molecular weight excluding hydrogens is 525 g/mol. The molecule has 1 saturated heterocycles. The Balaban J connectivity index is 1.95. The molecular formula is C23H26Cl2F2N2O5S. The number of alkyl halides is 2. The molecule has 3 rings (SSSR count). The van der Waals surface area contributed by atoms with Gasteiger partial charge < -0.3 is 24.9 Å². The summed E-state index contributed by atoms with van der Waals surface area (Å²) in [5.41, 5.74) is 1.30. The molecule has 2 aliphatic rings. The van der Waals surface area contributed by atoms with Crippen LogP contribution in [0, 0.1) is 11.1 Å². The highest BCUT2D eigenvalue weighted by Gasteiger charge is 2.30. The zero-order valence-electron chi connectivity index (χ0n) is 18.7. The zero-order valence-corrected chi connectivity index (χ0v) is 21.0. The van der Waals surface area contributed by atoms with Crippen LogP contribution in [0.1, 0.15) is 30.9 Å². The predicted octanol–water partition coefficient (Wildman–Crippen LogP) is 4.53. The average molecular weight is 551 g/mol. The maximum absolute atomic E-state index is 12.9. The van der Waals surface area contributed by atoms with Crippen LogP contribution >= 0.6 is 35.0 Å². The van der Waals surface area contributed by atoms with Crippen molar-refractivity contribution in [2.45, 2.75) is 38.0 Å². The third-order valence-corrected chi connectivity index (χ3v) is 7.02. The summed E-state index contributed by atoms with van der Waals surface area (Å²) < 4.78 is 42.1. The van der Waals surface area contributed by atoms with Crippen LogP contribution in [0.5, 0.6) is 11.5 Å². The van der Waals surface area contributed by atoms with Crippen molar-refractivity contribution in [3.05, 3.63) is 63.5 Å². The summed E-state index contributed by atoms with van der Waals surface area (Å²) in [5, 5.41) is 14.3. The molecule has 1 aliphatic carbocycles. The van der Waals surface area contributed by atoms with Crippen LogP contribution in [0.25, 0.3) is 0 Å². The standard InChI is InChI=1S/C23H26Cl2F2N2O5S/c1-2-16(24)15(17(25)9-29-31)8-20(33-22(30)18-11-35-12-28-18)14-5-6-19(34-23(26)27)21(7-14)32-10-13-3-4-13/h2,5-7,9,13,18,20,23,28H,1,3-4,8,10-12,29H2/b16-15+,17-9+/t18-,20+/m1/s1. The van der Waals surface area contributed by atoms with Gasteiger partial charge in [0.25, 0.3) is 0 Å². The number of carbonyl (C=O) groups excluding carboxylic acids is 1. The van der Waals surface area contributed by atoms with Gasteiger partial charge in [-0.05, 0) is 42.0 Å². The summed E-state index contributed by atoms with van der Waals surface area (Å²) >= 11 is 14.1. The van der Waals surface area contributed by atoms with Crippen LogP contribution in [0.3, 0.4) is 0 Å². The largest absolute Gasteiger partial charge is 0.631 e. The topological polar surface area (TPSA) is 96.5 Å². The van der Waals surface area contributed by atoms with Gasteiger partial charge in [0.15, 0.2) is 11.5 Å². The Bertz CT molecular complexity index is 969. The lowest BCUT2D eigenvalue weighted by molar-refractivity contribution is -0.515. The van der Waals surface area contributed by atoms with E-state index < -0.39 is 24.7 Å². The van der Waals surface area contributed by atoms with E-state index in [1.165, 1.54) is 24.3 Å². The third-order valence-electron chi connectivity index (χ3n) is 5.35. The number of ether oxygens (including phenoxy) is 3. The van der Waals surface area contributed by atoms with Gasteiger partial charge in [0.05, 0.1) is 11.6 Å². The van der Waals surface area contributed by atoms with Gasteiger partial charge in [-0.25, -0.2) is 0 Å². The molecule has 1 heterocycles. The number of hydroxylamine groups is 1. The Morgan fingerprint density at radius 3 is 2.71 bits per heavy atom. The fraction of sp³-hybridized carbons (Fsp3) is 0.435. The zero-order chi connectivity index (χ0) is 25.4. The molecule has 1 aliphatic heterocycles. The van der Waals surface area contributed by atoms with Gasteiger partial charge in [-0.2, -0.15) is 8.78 Å². The highest BCUT2D eigenvalue weighted by atomic mass is 35.5. The van der Waals surface area contributed by atoms with Crippen molar-refractivity contribution >= 4 is 40.9 Å². The van der Waals surface area contributed by atoms with E-state index in [0.717, 1.165) is 19.0 Å². The number of thioether (sulfide) groups is 1. The molecule has 0 bridgehead atoms. The minimum atomic E-state index is -3.03. The number of hydrogen-bond donors (Lipinski definition) is 2. The summed E-state index contributed by atoms with van der Waals surface area (Å²) in [7, 11) is 0. The molecule has 0 amide bonds. The van der Waals surface area contributed by atoms with E-state index in [2.05, 4.69) is 16.6 Å². The molecule has 1 aromatic rings. The van der Waals surface area contributed by atoms with Gasteiger partial charge >= 0.3 is 12.6 Å². The van der Waals surface area contributed by atoms with Crippen LogP contribution in [0.2, 0.25) is 0 Å². The molecule has 2 fully saturated rings. The van der Waals surface area contributed by atoms with Crippen LogP contribution in [-0.2, 0) is 9.53 Å². The van der Waals surface area contributed by atoms with Crippen LogP contribution in [0.15, 0.2) is 52.7 Å². The van der Waals surface area contributed by atoms with Crippen molar-refractivity contribution < 1.29 is 33.3 Å². The second kappa shape index (κ2) is 13.5. The molecule has 7 nitrogen and oxygen atoms in total. The number of nitrogens with two attached hydrogens (primary N) is 1. The van der Waals surface area contributed by atoms with E-state index in [1.807, 2.05) is 0 Å². The van der Waals surface area contributed by atoms with Gasteiger partial charge in [0.2, 0.25) is 0 Å². The summed E-state index contributed by atoms with van der Waals surface area (Å²) in [5.74, 6) is 1.03. The average Bonchev–Trinajstić information content (AvgIpc) is 3.50. The first-order chi connectivity index (χ1) is 16.8. The monoisotopic (exact) mass is 550 g/mol. The van der Waals surface area contributed by atoms with Gasteiger partial charge in [0.1, 0.15) is 18.3 Å². The SMILES string of the molecule is C=C/C(Cl)=C(C[C@H](OC(=O)[C@H]1CSCN1)c1ccc(OC(F)F)c(OCC2CC2)c1)\C(Cl)=C/[NH2+][O-]. The van der Waals surface area contributed by atoms with E-state index in [0.29, 0.717) is 40.8 Å². The molecule has 192 valence electrons. The van der Waals surface area contributed by atoms with Crippen molar-refractivity contribution in [2.24, 2.45) is 5.92 Å². The molecule has 12 heteroatoms. The molecule has 3 N–H and O–H groups in total. The van der Waals surface area contributed by atoms with Crippen molar-refractivity contribution in [1.29, 1.82) is 0 Å². The molecule has 0 aromatic heterocycles. The normalized spacial score (nSPS) is 19.8. The smallest absolute Gasteiger partial charge is 0.387 e. The predicted molar refractivity (Wildman–Crippen MR) is 131 cm³/mol. The van der Waals surface area contributed by atoms with Crippen molar-refractivity contribution in [1.82, 2.24) is 5.32 Å². The second-order valence-electron chi connectivity index (χ2n) is 7.92. The lowest BCUT2D eigenvalue weighted by Gasteiger charge is -2.23. The fourth-order valence-electron chi connectivity index (χ4n) is 3.30. The van der Waals surface area contributed by atoms with Crippen LogP contribution in [0.4, 0.5) is 8.78 Å². The second-order valence-corrected chi connectivity index (χ2v) is 9.77. The maximum atomic E-state index is 12.9. The fourth-order valence-corrected chi connectivity index (χ4v) is 4.68. The number of benzene rings is 1. The molecule has 0 radical (unpaired) electrons. The summed E-state index contributed by atoms with van der Waals surface area (Å²) in [6.07, 6.45) is 3.57. The van der Waals surface area contributed by atoms with E-state index in [1.54, 1.807) is 11.8 Å². The summed E-state index contributed by atoms with van der Waals surface area (Å²) in [6.45, 7) is 0.964. The van der Waals surface area contributed by atoms with Gasteiger partial charge in [-0.1, -0.05) is 41.9 Å². The highest BCUT2D eigenvalue weighted by Crippen LogP contribution is 2.39. The molecule has 1 aromatic carbocycles. The van der Waals surface area contributed by atoms with Crippen molar-refractivity contribution in [2.75, 3.05) is 18.2 Å². The van der Waals surface area contributed by atoms with E-state index in [4.69, 9.17) is 32.7 Å². The minimum Gasteiger partial charge on any atom is -0.631 e. The summed E-state index contributed by atoms with van der Waals surface area (Å²) in [6, 6.07) is 3.85. The first kappa shape index (κ1) is 27.8. The maximum Gasteiger partial charge on any atom is 0.387 e. The number of rotatable bonds is 13. The highest BCUT2D eigenvalue weighted by molar-refractivity contribution is 7.99. The lowest BCUT2D eigenvalue weighted by atomic mass is 9.99. The number of halogens is 4. The van der Waals surface area contributed by atoms with E-state index in [-0.39, 0.29) is 28.0 Å². The molecule has 1 saturated carbocycles. The number of allylic oxidation sites excluding steroid dienone is 3. The number of quaternary nitrogens is 1. The molecule has 0 spiro atoms. The molecule has 0 unspecified atom stereocenters. The Hall–Kier alpha value is -1.82. The third kappa shape index (κ3) is 8.37. The minimum absolute atomic E-state index is 0.00323. The number of hydrogen-bond acceptors (Lipinski definition) is 7. The summed E-state index contributed by atoms with van der Waals surface area (Å²) in [4.78, 5) is 12.8. The first-order valence-corrected chi connectivity index (χ1v) is 12.8. The quantitative estimate of drug-likeness (QED) is 0.211. The van der Waals surface area contributed by atoms with Gasteiger partial charge in [0, 0.05) is 23.1 Å². The Labute approximate surface area is 216 Å². The number of esters is 1. The lowest BCUT2D eigenvalue weighted by Crippen LogP contribution is -2.70. The molecule has 2 atom stereocenters. The van der Waals surface area contributed by atoms with Gasteiger partial charge in [-0.15, -0.1) is 11.8 Å². The molecule has 35 heavy (non-hydrogen) atoms. The van der Waals surface area contributed by atoms with Crippen LogP contribution in [-0.4, -0.2) is 36.9 Å². The Morgan fingerprint density at radius 2 is 2.11 bits per heavy atom. The van der Waals surface area contributed by atoms with E-state index in [9.17, 15) is 18.8 Å². The van der Waals surface area contributed by atoms with Gasteiger partial charge in [-0.3, -0.25) is 10.1 Å². The number of carbonyl (C=O) groups is 1. The van der Waals surface area contributed by atoms with E-state index >= 15 is 0 Å². The Kier molecular flexibility index (Phi) is 10.7.